The molecule has 7 heteroatoms. The van der Waals surface area contributed by atoms with Crippen LogP contribution in [0.4, 0.5) is 4.79 Å². The Morgan fingerprint density at radius 2 is 1.40 bits per heavy atom. The molecule has 1 amide bonds. The lowest BCUT2D eigenvalue weighted by Crippen LogP contribution is -2.41. The molecule has 188 valence electrons. The SMILES string of the molecule is CCCC(CCC)C(=O)O[C@@H]1C[C@@H](C(=O)OCc2ccccc2)N(C(=O)OCc2ccccc2)C1. The van der Waals surface area contributed by atoms with Crippen molar-refractivity contribution in [3.05, 3.63) is 71.8 Å². The van der Waals surface area contributed by atoms with Gasteiger partial charge in [0.25, 0.3) is 0 Å². The molecule has 0 saturated carbocycles. The smallest absolute Gasteiger partial charge is 0.410 e. The molecule has 0 bridgehead atoms. The second-order valence-corrected chi connectivity index (χ2v) is 8.87. The molecule has 1 heterocycles. The third kappa shape index (κ3) is 7.84. The van der Waals surface area contributed by atoms with Gasteiger partial charge in [-0.15, -0.1) is 0 Å². The second-order valence-electron chi connectivity index (χ2n) is 8.87. The zero-order valence-corrected chi connectivity index (χ0v) is 20.6. The Morgan fingerprint density at radius 3 is 1.94 bits per heavy atom. The molecule has 1 saturated heterocycles. The molecule has 1 aliphatic heterocycles. The number of carbonyl (C=O) groups excluding carboxylic acids is 3. The molecule has 1 aliphatic rings. The number of carbonyl (C=O) groups is 3. The van der Waals surface area contributed by atoms with E-state index in [0.29, 0.717) is 0 Å². The van der Waals surface area contributed by atoms with E-state index >= 15 is 0 Å². The number of ether oxygens (including phenoxy) is 3. The standard InChI is InChI=1S/C28H35NO6/c1-3-11-23(12-4-2)26(30)35-24-17-25(27(31)33-19-21-13-7-5-8-14-21)29(18-24)28(32)34-20-22-15-9-6-10-16-22/h5-10,13-16,23-25H,3-4,11-12,17-20H2,1-2H3/t24-,25+/m1/s1. The molecule has 0 radical (unpaired) electrons. The number of nitrogens with zero attached hydrogens (tertiary/aromatic N) is 1. The molecule has 3 rings (SSSR count). The van der Waals surface area contributed by atoms with E-state index < -0.39 is 24.2 Å². The van der Waals surface area contributed by atoms with Crippen molar-refractivity contribution in [1.82, 2.24) is 4.90 Å². The predicted molar refractivity (Wildman–Crippen MR) is 131 cm³/mol. The molecule has 35 heavy (non-hydrogen) atoms. The second kappa shape index (κ2) is 13.5. The number of likely N-dealkylation sites (tertiary alicyclic amines) is 1. The van der Waals surface area contributed by atoms with Crippen LogP contribution in [-0.4, -0.2) is 41.6 Å². The largest absolute Gasteiger partial charge is 0.460 e. The highest BCUT2D eigenvalue weighted by Gasteiger charge is 2.43. The van der Waals surface area contributed by atoms with Crippen molar-refractivity contribution in [2.45, 2.75) is 71.3 Å². The highest BCUT2D eigenvalue weighted by atomic mass is 16.6. The lowest BCUT2D eigenvalue weighted by atomic mass is 9.98. The average molecular weight is 482 g/mol. The predicted octanol–water partition coefficient (Wildman–Crippen LogP) is 5.27. The van der Waals surface area contributed by atoms with Gasteiger partial charge in [0.1, 0.15) is 25.4 Å². The summed E-state index contributed by atoms with van der Waals surface area (Å²) in [6.45, 7) is 4.35. The molecule has 0 aliphatic carbocycles. The number of benzene rings is 2. The van der Waals surface area contributed by atoms with Crippen LogP contribution in [0.5, 0.6) is 0 Å². The van der Waals surface area contributed by atoms with Crippen LogP contribution in [0.1, 0.15) is 57.1 Å². The van der Waals surface area contributed by atoms with Gasteiger partial charge in [0, 0.05) is 6.42 Å². The number of hydrogen-bond acceptors (Lipinski definition) is 6. The minimum absolute atomic E-state index is 0.0848. The van der Waals surface area contributed by atoms with Crippen molar-refractivity contribution in [1.29, 1.82) is 0 Å². The lowest BCUT2D eigenvalue weighted by molar-refractivity contribution is -0.155. The molecule has 0 N–H and O–H groups in total. The minimum atomic E-state index is -0.879. The van der Waals surface area contributed by atoms with Crippen LogP contribution in [0.25, 0.3) is 0 Å². The molecule has 2 aromatic carbocycles. The first-order valence-corrected chi connectivity index (χ1v) is 12.4. The summed E-state index contributed by atoms with van der Waals surface area (Å²) in [5, 5.41) is 0. The molecule has 2 atom stereocenters. The lowest BCUT2D eigenvalue weighted by Gasteiger charge is -2.22. The van der Waals surface area contributed by atoms with E-state index in [-0.39, 0.29) is 38.1 Å². The Labute approximate surface area is 207 Å². The van der Waals surface area contributed by atoms with Gasteiger partial charge in [-0.25, -0.2) is 9.59 Å². The molecule has 7 nitrogen and oxygen atoms in total. The van der Waals surface area contributed by atoms with Crippen molar-refractivity contribution in [3.63, 3.8) is 0 Å². The summed E-state index contributed by atoms with van der Waals surface area (Å²) in [6, 6.07) is 17.8. The fraction of sp³-hybridized carbons (Fsp3) is 0.464. The van der Waals surface area contributed by atoms with Crippen LogP contribution in [0.15, 0.2) is 60.7 Å². The van der Waals surface area contributed by atoms with E-state index in [4.69, 9.17) is 14.2 Å². The topological polar surface area (TPSA) is 82.1 Å². The molecule has 0 spiro atoms. The summed E-state index contributed by atoms with van der Waals surface area (Å²) in [4.78, 5) is 40.0. The molecule has 0 unspecified atom stereocenters. The zero-order valence-electron chi connectivity index (χ0n) is 20.6. The Morgan fingerprint density at radius 1 is 0.857 bits per heavy atom. The molecule has 0 aromatic heterocycles. The Hall–Kier alpha value is -3.35. The third-order valence-electron chi connectivity index (χ3n) is 6.09. The maximum atomic E-state index is 13.0. The van der Waals surface area contributed by atoms with Gasteiger partial charge in [-0.3, -0.25) is 9.69 Å². The maximum Gasteiger partial charge on any atom is 0.410 e. The number of rotatable bonds is 11. The minimum Gasteiger partial charge on any atom is -0.460 e. The zero-order chi connectivity index (χ0) is 25.0. The molecular formula is C28H35NO6. The van der Waals surface area contributed by atoms with E-state index in [1.54, 1.807) is 0 Å². The van der Waals surface area contributed by atoms with Crippen LogP contribution in [0.3, 0.4) is 0 Å². The summed E-state index contributed by atoms with van der Waals surface area (Å²) < 4.78 is 16.7. The highest BCUT2D eigenvalue weighted by molar-refractivity contribution is 5.82. The van der Waals surface area contributed by atoms with E-state index in [0.717, 1.165) is 36.8 Å². The summed E-state index contributed by atoms with van der Waals surface area (Å²) in [6.07, 6.45) is 2.25. The fourth-order valence-corrected chi connectivity index (χ4v) is 4.27. The van der Waals surface area contributed by atoms with Crippen molar-refractivity contribution in [2.75, 3.05) is 6.54 Å². The van der Waals surface area contributed by atoms with Crippen LogP contribution < -0.4 is 0 Å². The first-order valence-electron chi connectivity index (χ1n) is 12.4. The summed E-state index contributed by atoms with van der Waals surface area (Å²) in [7, 11) is 0. The Bertz CT molecular complexity index is 879. The maximum absolute atomic E-state index is 13.0. The van der Waals surface area contributed by atoms with E-state index in [2.05, 4.69) is 0 Å². The van der Waals surface area contributed by atoms with Gasteiger partial charge in [0.2, 0.25) is 0 Å². The van der Waals surface area contributed by atoms with Crippen molar-refractivity contribution >= 4 is 18.0 Å². The average Bonchev–Trinajstić information content (AvgIpc) is 3.31. The first kappa shape index (κ1) is 26.3. The van der Waals surface area contributed by atoms with Crippen molar-refractivity contribution < 1.29 is 28.6 Å². The third-order valence-corrected chi connectivity index (χ3v) is 6.09. The normalized spacial score (nSPS) is 17.3. The van der Waals surface area contributed by atoms with Gasteiger partial charge in [0.05, 0.1) is 12.5 Å². The quantitative estimate of drug-likeness (QED) is 0.321. The first-order chi connectivity index (χ1) is 17.0. The van der Waals surface area contributed by atoms with Crippen LogP contribution in [0, 0.1) is 5.92 Å². The Balaban J connectivity index is 1.66. The van der Waals surface area contributed by atoms with Crippen LogP contribution in [-0.2, 0) is 37.0 Å². The van der Waals surface area contributed by atoms with Gasteiger partial charge < -0.3 is 14.2 Å². The van der Waals surface area contributed by atoms with Gasteiger partial charge in [0.15, 0.2) is 0 Å². The van der Waals surface area contributed by atoms with Gasteiger partial charge in [-0.2, -0.15) is 0 Å². The van der Waals surface area contributed by atoms with Crippen LogP contribution >= 0.6 is 0 Å². The number of hydrogen-bond donors (Lipinski definition) is 0. The van der Waals surface area contributed by atoms with E-state index in [9.17, 15) is 14.4 Å². The van der Waals surface area contributed by atoms with Crippen molar-refractivity contribution in [2.24, 2.45) is 5.92 Å². The number of amides is 1. The number of esters is 2. The Kier molecular flexibility index (Phi) is 10.1. The summed E-state index contributed by atoms with van der Waals surface area (Å²) in [5.41, 5.74) is 1.69. The molecule has 2 aromatic rings. The summed E-state index contributed by atoms with van der Waals surface area (Å²) >= 11 is 0. The fourth-order valence-electron chi connectivity index (χ4n) is 4.27. The van der Waals surface area contributed by atoms with E-state index in [1.807, 2.05) is 74.5 Å². The molecule has 1 fully saturated rings. The molecular weight excluding hydrogens is 446 g/mol. The highest BCUT2D eigenvalue weighted by Crippen LogP contribution is 2.26. The summed E-state index contributed by atoms with van der Waals surface area (Å²) in [5.74, 6) is -0.982. The van der Waals surface area contributed by atoms with Crippen molar-refractivity contribution in [3.8, 4) is 0 Å². The van der Waals surface area contributed by atoms with E-state index in [1.165, 1.54) is 4.90 Å². The monoisotopic (exact) mass is 481 g/mol. The van der Waals surface area contributed by atoms with Gasteiger partial charge >= 0.3 is 18.0 Å². The van der Waals surface area contributed by atoms with Crippen LogP contribution in [0.2, 0.25) is 0 Å². The van der Waals surface area contributed by atoms with Gasteiger partial charge in [-0.05, 0) is 24.0 Å². The van der Waals surface area contributed by atoms with Gasteiger partial charge in [-0.1, -0.05) is 87.4 Å².